The molecule has 1 aromatic carbocycles. The maximum absolute atomic E-state index is 4.42. The van der Waals surface area contributed by atoms with Crippen LogP contribution >= 0.6 is 0 Å². The second kappa shape index (κ2) is 4.21. The molecule has 3 rings (SSSR count). The number of rotatable bonds is 2. The van der Waals surface area contributed by atoms with Gasteiger partial charge in [0.15, 0.2) is 0 Å². The molecule has 0 bridgehead atoms. The van der Waals surface area contributed by atoms with Crippen molar-refractivity contribution in [3.05, 3.63) is 59.4 Å². The van der Waals surface area contributed by atoms with Gasteiger partial charge in [-0.2, -0.15) is 0 Å². The Morgan fingerprint density at radius 1 is 1.29 bits per heavy atom. The first-order valence-electron chi connectivity index (χ1n) is 6.16. The lowest BCUT2D eigenvalue weighted by Gasteiger charge is -2.09. The van der Waals surface area contributed by atoms with Gasteiger partial charge in [0.25, 0.3) is 0 Å². The van der Waals surface area contributed by atoms with Crippen molar-refractivity contribution in [2.45, 2.75) is 25.8 Å². The summed E-state index contributed by atoms with van der Waals surface area (Å²) in [5.41, 5.74) is 5.21. The van der Waals surface area contributed by atoms with Gasteiger partial charge in [-0.05, 0) is 35.7 Å². The molecule has 0 radical (unpaired) electrons. The second-order valence-electron chi connectivity index (χ2n) is 4.50. The van der Waals surface area contributed by atoms with Crippen LogP contribution in [0.5, 0.6) is 0 Å². The highest BCUT2D eigenvalue weighted by Gasteiger charge is 2.22. The number of aromatic nitrogens is 1. The van der Waals surface area contributed by atoms with E-state index in [4.69, 9.17) is 0 Å². The highest BCUT2D eigenvalue weighted by Crippen LogP contribution is 2.33. The summed E-state index contributed by atoms with van der Waals surface area (Å²) in [5, 5.41) is 3.54. The van der Waals surface area contributed by atoms with Gasteiger partial charge in [-0.15, -0.1) is 0 Å². The smallest absolute Gasteiger partial charge is 0.0726 e. The van der Waals surface area contributed by atoms with Crippen LogP contribution in [0.25, 0.3) is 0 Å². The molecule has 2 nitrogen and oxygen atoms in total. The van der Waals surface area contributed by atoms with Crippen LogP contribution in [0.1, 0.15) is 29.8 Å². The monoisotopic (exact) mass is 224 g/mol. The molecule has 0 fully saturated rings. The van der Waals surface area contributed by atoms with Gasteiger partial charge in [0.05, 0.1) is 11.7 Å². The van der Waals surface area contributed by atoms with E-state index in [0.717, 1.165) is 18.5 Å². The van der Waals surface area contributed by atoms with Crippen LogP contribution in [0.4, 0.5) is 5.69 Å². The van der Waals surface area contributed by atoms with Crippen LogP contribution in [0, 0.1) is 0 Å². The quantitative estimate of drug-likeness (QED) is 0.846. The van der Waals surface area contributed by atoms with Crippen molar-refractivity contribution in [3.63, 3.8) is 0 Å². The van der Waals surface area contributed by atoms with Gasteiger partial charge in [-0.25, -0.2) is 0 Å². The number of pyridine rings is 1. The third kappa shape index (κ3) is 1.91. The molecule has 1 aliphatic heterocycles. The minimum Gasteiger partial charge on any atom is -0.376 e. The fourth-order valence-electron chi connectivity index (χ4n) is 2.40. The highest BCUT2D eigenvalue weighted by molar-refractivity contribution is 5.58. The SMILES string of the molecule is CCc1ccc2c(c1)CC(c1ccccn1)N2. The van der Waals surface area contributed by atoms with Crippen LogP contribution in [0.15, 0.2) is 42.6 Å². The molecular formula is C15H16N2. The van der Waals surface area contributed by atoms with E-state index in [1.165, 1.54) is 16.8 Å². The zero-order valence-corrected chi connectivity index (χ0v) is 9.98. The summed E-state index contributed by atoms with van der Waals surface area (Å²) < 4.78 is 0. The summed E-state index contributed by atoms with van der Waals surface area (Å²) in [6.45, 7) is 2.19. The predicted molar refractivity (Wildman–Crippen MR) is 70.1 cm³/mol. The summed E-state index contributed by atoms with van der Waals surface area (Å²) in [4.78, 5) is 4.42. The number of anilines is 1. The van der Waals surface area contributed by atoms with Crippen LogP contribution in [0.2, 0.25) is 0 Å². The molecule has 0 aliphatic carbocycles. The third-order valence-electron chi connectivity index (χ3n) is 3.38. The molecule has 1 aliphatic rings. The van der Waals surface area contributed by atoms with E-state index in [2.05, 4.69) is 41.5 Å². The first-order chi connectivity index (χ1) is 8.36. The Morgan fingerprint density at radius 2 is 2.24 bits per heavy atom. The number of aryl methyl sites for hydroxylation is 1. The third-order valence-corrected chi connectivity index (χ3v) is 3.38. The van der Waals surface area contributed by atoms with Crippen molar-refractivity contribution in [2.24, 2.45) is 0 Å². The lowest BCUT2D eigenvalue weighted by Crippen LogP contribution is -2.07. The molecular weight excluding hydrogens is 208 g/mol. The fourth-order valence-corrected chi connectivity index (χ4v) is 2.40. The molecule has 86 valence electrons. The van der Waals surface area contributed by atoms with E-state index in [9.17, 15) is 0 Å². The highest BCUT2D eigenvalue weighted by atomic mass is 15.0. The Kier molecular flexibility index (Phi) is 2.56. The number of nitrogens with zero attached hydrogens (tertiary/aromatic N) is 1. The number of benzene rings is 1. The molecule has 0 spiro atoms. The Hall–Kier alpha value is -1.83. The molecule has 0 amide bonds. The number of hydrogen-bond donors (Lipinski definition) is 1. The van der Waals surface area contributed by atoms with Crippen molar-refractivity contribution >= 4 is 5.69 Å². The molecule has 2 heterocycles. The fraction of sp³-hybridized carbons (Fsp3) is 0.267. The molecule has 1 aromatic heterocycles. The van der Waals surface area contributed by atoms with Gasteiger partial charge in [-0.3, -0.25) is 4.98 Å². The van der Waals surface area contributed by atoms with Gasteiger partial charge >= 0.3 is 0 Å². The first kappa shape index (κ1) is 10.3. The second-order valence-corrected chi connectivity index (χ2v) is 4.50. The Morgan fingerprint density at radius 3 is 3.00 bits per heavy atom. The van der Waals surface area contributed by atoms with Crippen molar-refractivity contribution in [1.29, 1.82) is 0 Å². The minimum atomic E-state index is 0.332. The zero-order chi connectivity index (χ0) is 11.7. The Labute approximate surface area is 102 Å². The number of fused-ring (bicyclic) bond motifs is 1. The molecule has 2 heteroatoms. The van der Waals surface area contributed by atoms with Gasteiger partial charge in [0, 0.05) is 18.3 Å². The summed E-state index contributed by atoms with van der Waals surface area (Å²) in [6.07, 6.45) is 4.00. The van der Waals surface area contributed by atoms with Crippen LogP contribution in [0.3, 0.4) is 0 Å². The number of hydrogen-bond acceptors (Lipinski definition) is 2. The predicted octanol–water partition coefficient (Wildman–Crippen LogP) is 3.35. The molecule has 0 saturated carbocycles. The molecule has 1 N–H and O–H groups in total. The molecule has 2 aromatic rings. The first-order valence-corrected chi connectivity index (χ1v) is 6.16. The summed E-state index contributed by atoms with van der Waals surface area (Å²) in [7, 11) is 0. The van der Waals surface area contributed by atoms with Crippen molar-refractivity contribution in [3.8, 4) is 0 Å². The van der Waals surface area contributed by atoms with E-state index in [1.807, 2.05) is 18.3 Å². The van der Waals surface area contributed by atoms with Crippen molar-refractivity contribution in [1.82, 2.24) is 4.98 Å². The summed E-state index contributed by atoms with van der Waals surface area (Å²) in [6, 6.07) is 13.1. The van der Waals surface area contributed by atoms with Crippen molar-refractivity contribution in [2.75, 3.05) is 5.32 Å². The Bertz CT molecular complexity index is 520. The zero-order valence-electron chi connectivity index (χ0n) is 9.98. The van der Waals surface area contributed by atoms with Crippen LogP contribution in [-0.2, 0) is 12.8 Å². The average Bonchev–Trinajstić information content (AvgIpc) is 2.82. The van der Waals surface area contributed by atoms with E-state index < -0.39 is 0 Å². The maximum Gasteiger partial charge on any atom is 0.0726 e. The van der Waals surface area contributed by atoms with E-state index >= 15 is 0 Å². The summed E-state index contributed by atoms with van der Waals surface area (Å²) >= 11 is 0. The van der Waals surface area contributed by atoms with E-state index in [-0.39, 0.29) is 0 Å². The number of nitrogens with one attached hydrogen (secondary N) is 1. The van der Waals surface area contributed by atoms with E-state index in [0.29, 0.717) is 6.04 Å². The van der Waals surface area contributed by atoms with Gasteiger partial charge < -0.3 is 5.32 Å². The molecule has 0 saturated heterocycles. The van der Waals surface area contributed by atoms with Gasteiger partial charge in [0.2, 0.25) is 0 Å². The standard InChI is InChI=1S/C15H16N2/c1-2-11-6-7-13-12(9-11)10-15(17-13)14-5-3-4-8-16-14/h3-9,15,17H,2,10H2,1H3. The van der Waals surface area contributed by atoms with E-state index in [1.54, 1.807) is 0 Å². The largest absolute Gasteiger partial charge is 0.376 e. The molecule has 1 unspecified atom stereocenters. The summed E-state index contributed by atoms with van der Waals surface area (Å²) in [5.74, 6) is 0. The maximum atomic E-state index is 4.42. The Balaban J connectivity index is 1.88. The normalized spacial score (nSPS) is 17.6. The van der Waals surface area contributed by atoms with Gasteiger partial charge in [-0.1, -0.05) is 25.1 Å². The average molecular weight is 224 g/mol. The van der Waals surface area contributed by atoms with Gasteiger partial charge in [0.1, 0.15) is 0 Å². The topological polar surface area (TPSA) is 24.9 Å². The van der Waals surface area contributed by atoms with Crippen molar-refractivity contribution < 1.29 is 0 Å². The lowest BCUT2D eigenvalue weighted by atomic mass is 10.0. The van der Waals surface area contributed by atoms with Crippen LogP contribution < -0.4 is 5.32 Å². The van der Waals surface area contributed by atoms with Crippen LogP contribution in [-0.4, -0.2) is 4.98 Å². The molecule has 17 heavy (non-hydrogen) atoms. The minimum absolute atomic E-state index is 0.332. The lowest BCUT2D eigenvalue weighted by molar-refractivity contribution is 0.788. The molecule has 1 atom stereocenters.